The second-order valence-corrected chi connectivity index (χ2v) is 6.34. The Labute approximate surface area is 139 Å². The number of fused-ring (bicyclic) bond motifs is 1. The van der Waals surface area contributed by atoms with Crippen LogP contribution in [0.25, 0.3) is 0 Å². The summed E-state index contributed by atoms with van der Waals surface area (Å²) in [7, 11) is 2.60. The van der Waals surface area contributed by atoms with Crippen molar-refractivity contribution in [2.45, 2.75) is 18.5 Å². The maximum absolute atomic E-state index is 12.6. The number of carbonyl (C=O) groups is 3. The number of nitrogens with zero attached hydrogens (tertiary/aromatic N) is 1. The summed E-state index contributed by atoms with van der Waals surface area (Å²) in [5, 5.41) is 13.0. The lowest BCUT2D eigenvalue weighted by Gasteiger charge is -2.30. The Morgan fingerprint density at radius 1 is 1.33 bits per heavy atom. The number of esters is 1. The van der Waals surface area contributed by atoms with Crippen molar-refractivity contribution in [1.82, 2.24) is 10.2 Å². The van der Waals surface area contributed by atoms with Gasteiger partial charge in [-0.2, -0.15) is 0 Å². The predicted octanol–water partition coefficient (Wildman–Crippen LogP) is -0.226. The molecular formula is C17H20N2O5. The standard InChI is InChI=1S/C17H20N2O5/c1-9-6-4-5-7-10(9)13-11-12(15(22)19(2)14(11)21)17(8-20,18-13)16(23)24-3/h4-7,11-13,18,20H,8H2,1-3H3/t11-,12+,13+,17+/m0/s1. The van der Waals surface area contributed by atoms with Gasteiger partial charge in [0, 0.05) is 13.1 Å². The van der Waals surface area contributed by atoms with Gasteiger partial charge in [0.05, 0.1) is 25.6 Å². The summed E-state index contributed by atoms with van der Waals surface area (Å²) >= 11 is 0. The Bertz CT molecular complexity index is 719. The molecule has 2 aliphatic rings. The Kier molecular flexibility index (Phi) is 3.93. The predicted molar refractivity (Wildman–Crippen MR) is 83.6 cm³/mol. The van der Waals surface area contributed by atoms with Gasteiger partial charge in [-0.1, -0.05) is 24.3 Å². The van der Waals surface area contributed by atoms with Crippen LogP contribution in [-0.2, 0) is 19.1 Å². The normalized spacial score (nSPS) is 32.2. The summed E-state index contributed by atoms with van der Waals surface area (Å²) in [6, 6.07) is 6.90. The van der Waals surface area contributed by atoms with Crippen LogP contribution in [-0.4, -0.2) is 54.1 Å². The summed E-state index contributed by atoms with van der Waals surface area (Å²) in [6.07, 6.45) is 0. The third kappa shape index (κ3) is 2.01. The van der Waals surface area contributed by atoms with E-state index in [1.165, 1.54) is 14.2 Å². The second-order valence-electron chi connectivity index (χ2n) is 6.34. The van der Waals surface area contributed by atoms with E-state index < -0.39 is 41.9 Å². The average Bonchev–Trinajstić information content (AvgIpc) is 3.05. The van der Waals surface area contributed by atoms with E-state index in [4.69, 9.17) is 4.74 Å². The third-order valence-corrected chi connectivity index (χ3v) is 5.20. The Balaban J connectivity index is 2.17. The minimum atomic E-state index is -1.62. The number of hydrogen-bond acceptors (Lipinski definition) is 6. The van der Waals surface area contributed by atoms with Gasteiger partial charge in [0.1, 0.15) is 0 Å². The highest BCUT2D eigenvalue weighted by Crippen LogP contribution is 2.49. The summed E-state index contributed by atoms with van der Waals surface area (Å²) in [6.45, 7) is 1.27. The van der Waals surface area contributed by atoms with Crippen LogP contribution in [0.5, 0.6) is 0 Å². The number of nitrogens with one attached hydrogen (secondary N) is 1. The van der Waals surface area contributed by atoms with Gasteiger partial charge in [-0.3, -0.25) is 19.8 Å². The quantitative estimate of drug-likeness (QED) is 0.587. The summed E-state index contributed by atoms with van der Waals surface area (Å²) in [5.41, 5.74) is 0.134. The maximum Gasteiger partial charge on any atom is 0.329 e. The Morgan fingerprint density at radius 2 is 2.00 bits per heavy atom. The maximum atomic E-state index is 12.6. The number of benzene rings is 1. The molecule has 0 aromatic heterocycles. The highest BCUT2D eigenvalue weighted by atomic mass is 16.5. The number of imide groups is 1. The van der Waals surface area contributed by atoms with Gasteiger partial charge in [0.2, 0.25) is 11.8 Å². The van der Waals surface area contributed by atoms with E-state index in [0.717, 1.165) is 16.0 Å². The van der Waals surface area contributed by atoms with Gasteiger partial charge in [0.25, 0.3) is 0 Å². The molecule has 1 aromatic rings. The van der Waals surface area contributed by atoms with Crippen molar-refractivity contribution in [3.05, 3.63) is 35.4 Å². The zero-order chi connectivity index (χ0) is 17.6. The molecule has 2 amide bonds. The molecule has 4 atom stereocenters. The minimum absolute atomic E-state index is 0.356. The van der Waals surface area contributed by atoms with E-state index in [1.54, 1.807) is 0 Å². The average molecular weight is 332 g/mol. The van der Waals surface area contributed by atoms with Crippen molar-refractivity contribution in [2.24, 2.45) is 11.8 Å². The highest BCUT2D eigenvalue weighted by Gasteiger charge is 2.68. The van der Waals surface area contributed by atoms with E-state index in [0.29, 0.717) is 0 Å². The number of methoxy groups -OCH3 is 1. The van der Waals surface area contributed by atoms with E-state index in [9.17, 15) is 19.5 Å². The van der Waals surface area contributed by atoms with Gasteiger partial charge >= 0.3 is 5.97 Å². The van der Waals surface area contributed by atoms with Crippen molar-refractivity contribution in [3.63, 3.8) is 0 Å². The molecule has 7 nitrogen and oxygen atoms in total. The number of ether oxygens (including phenoxy) is 1. The summed E-state index contributed by atoms with van der Waals surface area (Å²) in [4.78, 5) is 38.7. The SMILES string of the molecule is COC(=O)[C@]1(CO)N[C@H](c2ccccc2C)[C@H]2C(=O)N(C)C(=O)[C@@H]21. The van der Waals surface area contributed by atoms with Crippen LogP contribution in [0.4, 0.5) is 0 Å². The van der Waals surface area contributed by atoms with Gasteiger partial charge in [-0.15, -0.1) is 0 Å². The van der Waals surface area contributed by atoms with Crippen LogP contribution in [0, 0.1) is 18.8 Å². The molecular weight excluding hydrogens is 312 g/mol. The van der Waals surface area contributed by atoms with E-state index in [-0.39, 0.29) is 5.91 Å². The lowest BCUT2D eigenvalue weighted by Crippen LogP contribution is -2.58. The van der Waals surface area contributed by atoms with Gasteiger partial charge in [0.15, 0.2) is 5.54 Å². The topological polar surface area (TPSA) is 95.9 Å². The van der Waals surface area contributed by atoms with Crippen molar-refractivity contribution in [3.8, 4) is 0 Å². The molecule has 2 N–H and O–H groups in total. The molecule has 128 valence electrons. The molecule has 0 unspecified atom stereocenters. The number of amides is 2. The molecule has 2 heterocycles. The lowest BCUT2D eigenvalue weighted by molar-refractivity contribution is -0.156. The molecule has 0 radical (unpaired) electrons. The fraction of sp³-hybridized carbons (Fsp3) is 0.471. The first-order valence-electron chi connectivity index (χ1n) is 7.73. The zero-order valence-corrected chi connectivity index (χ0v) is 13.8. The van der Waals surface area contributed by atoms with Gasteiger partial charge < -0.3 is 9.84 Å². The first kappa shape index (κ1) is 16.6. The molecule has 0 saturated carbocycles. The van der Waals surface area contributed by atoms with E-state index in [2.05, 4.69) is 5.32 Å². The number of hydrogen-bond donors (Lipinski definition) is 2. The second kappa shape index (κ2) is 5.68. The molecule has 3 rings (SSSR count). The molecule has 0 aliphatic carbocycles. The molecule has 2 aliphatic heterocycles. The van der Waals surface area contributed by atoms with Crippen molar-refractivity contribution in [2.75, 3.05) is 20.8 Å². The largest absolute Gasteiger partial charge is 0.468 e. The van der Waals surface area contributed by atoms with Crippen molar-refractivity contribution >= 4 is 17.8 Å². The molecule has 0 spiro atoms. The zero-order valence-electron chi connectivity index (χ0n) is 13.8. The third-order valence-electron chi connectivity index (χ3n) is 5.20. The van der Waals surface area contributed by atoms with Crippen LogP contribution in [0.1, 0.15) is 17.2 Å². The van der Waals surface area contributed by atoms with Crippen molar-refractivity contribution in [1.29, 1.82) is 0 Å². The first-order valence-corrected chi connectivity index (χ1v) is 7.73. The molecule has 1 aromatic carbocycles. The molecule has 24 heavy (non-hydrogen) atoms. The fourth-order valence-corrected chi connectivity index (χ4v) is 3.93. The van der Waals surface area contributed by atoms with Gasteiger partial charge in [-0.05, 0) is 18.1 Å². The number of rotatable bonds is 3. The molecule has 2 fully saturated rings. The number of aliphatic hydroxyl groups is 1. The first-order chi connectivity index (χ1) is 11.4. The fourth-order valence-electron chi connectivity index (χ4n) is 3.93. The van der Waals surface area contributed by atoms with Gasteiger partial charge in [-0.25, -0.2) is 4.79 Å². The highest BCUT2D eigenvalue weighted by molar-refractivity contribution is 6.09. The van der Waals surface area contributed by atoms with Crippen molar-refractivity contribution < 1.29 is 24.2 Å². The number of aliphatic hydroxyl groups excluding tert-OH is 1. The monoisotopic (exact) mass is 332 g/mol. The van der Waals surface area contributed by atoms with E-state index in [1.807, 2.05) is 31.2 Å². The van der Waals surface area contributed by atoms with Crippen LogP contribution in [0.3, 0.4) is 0 Å². The number of aryl methyl sites for hydroxylation is 1. The van der Waals surface area contributed by atoms with Crippen LogP contribution < -0.4 is 5.32 Å². The Morgan fingerprint density at radius 3 is 2.58 bits per heavy atom. The lowest BCUT2D eigenvalue weighted by atomic mass is 9.79. The number of likely N-dealkylation sites (tertiary alicyclic amines) is 1. The van der Waals surface area contributed by atoms with Crippen LogP contribution in [0.15, 0.2) is 24.3 Å². The summed E-state index contributed by atoms with van der Waals surface area (Å²) < 4.78 is 4.83. The molecule has 0 bridgehead atoms. The molecule has 2 saturated heterocycles. The Hall–Kier alpha value is -2.25. The van der Waals surface area contributed by atoms with Crippen LogP contribution >= 0.6 is 0 Å². The molecule has 7 heteroatoms. The van der Waals surface area contributed by atoms with Crippen LogP contribution in [0.2, 0.25) is 0 Å². The summed E-state index contributed by atoms with van der Waals surface area (Å²) in [5.74, 6) is -3.32. The smallest absolute Gasteiger partial charge is 0.329 e. The number of carbonyl (C=O) groups excluding carboxylic acids is 3. The van der Waals surface area contributed by atoms with E-state index >= 15 is 0 Å². The minimum Gasteiger partial charge on any atom is -0.468 e.